The number of esters is 1. The molecule has 1 aliphatic heterocycles. The second-order valence-electron chi connectivity index (χ2n) is 3.56. The molecule has 2 rings (SSSR count). The molecule has 1 atom stereocenters. The summed E-state index contributed by atoms with van der Waals surface area (Å²) in [4.78, 5) is 11.6. The van der Waals surface area contributed by atoms with Crippen LogP contribution in [0.3, 0.4) is 0 Å². The maximum atomic E-state index is 11.6. The average molecular weight is 226 g/mol. The molecule has 1 aromatic rings. The molecule has 1 N–H and O–H groups in total. The molecule has 1 unspecified atom stereocenters. The van der Waals surface area contributed by atoms with E-state index in [9.17, 15) is 4.79 Å². The maximum absolute atomic E-state index is 11.6. The van der Waals surface area contributed by atoms with Gasteiger partial charge in [0.2, 0.25) is 0 Å². The van der Waals surface area contributed by atoms with Crippen molar-refractivity contribution in [2.75, 3.05) is 13.1 Å². The Labute approximate surface area is 93.4 Å². The molecule has 80 valence electrons. The molecule has 1 aromatic carbocycles. The lowest BCUT2D eigenvalue weighted by Gasteiger charge is -2.08. The van der Waals surface area contributed by atoms with Gasteiger partial charge >= 0.3 is 5.97 Å². The molecule has 4 heteroatoms. The molecule has 0 radical (unpaired) electrons. The zero-order valence-corrected chi connectivity index (χ0v) is 8.96. The Morgan fingerprint density at radius 1 is 1.40 bits per heavy atom. The third-order valence-electron chi connectivity index (χ3n) is 2.43. The minimum Gasteiger partial charge on any atom is -0.426 e. The molecular weight excluding hydrogens is 214 g/mol. The predicted octanol–water partition coefficient (Wildman–Crippen LogP) is 1.85. The number of benzene rings is 1. The first-order valence-corrected chi connectivity index (χ1v) is 5.31. The van der Waals surface area contributed by atoms with Gasteiger partial charge in [0, 0.05) is 11.6 Å². The van der Waals surface area contributed by atoms with E-state index in [1.165, 1.54) is 0 Å². The second kappa shape index (κ2) is 4.64. The molecule has 0 spiro atoms. The van der Waals surface area contributed by atoms with E-state index in [4.69, 9.17) is 16.3 Å². The average Bonchev–Trinajstić information content (AvgIpc) is 2.74. The van der Waals surface area contributed by atoms with Crippen molar-refractivity contribution in [2.45, 2.75) is 6.42 Å². The van der Waals surface area contributed by atoms with Crippen molar-refractivity contribution in [2.24, 2.45) is 5.92 Å². The van der Waals surface area contributed by atoms with Crippen LogP contribution >= 0.6 is 11.6 Å². The summed E-state index contributed by atoms with van der Waals surface area (Å²) in [5.41, 5.74) is 0. The number of hydrogen-bond acceptors (Lipinski definition) is 3. The fourth-order valence-corrected chi connectivity index (χ4v) is 1.68. The van der Waals surface area contributed by atoms with E-state index in [2.05, 4.69) is 5.32 Å². The number of halogens is 1. The van der Waals surface area contributed by atoms with Gasteiger partial charge in [-0.3, -0.25) is 4.79 Å². The molecule has 15 heavy (non-hydrogen) atoms. The molecule has 1 saturated heterocycles. The Bertz CT molecular complexity index is 344. The highest BCUT2D eigenvalue weighted by atomic mass is 35.5. The lowest BCUT2D eigenvalue weighted by atomic mass is 10.1. The highest BCUT2D eigenvalue weighted by Crippen LogP contribution is 2.18. The lowest BCUT2D eigenvalue weighted by molar-refractivity contribution is -0.138. The molecule has 0 aliphatic carbocycles. The Morgan fingerprint density at radius 3 is 2.73 bits per heavy atom. The van der Waals surface area contributed by atoms with Crippen LogP contribution in [0, 0.1) is 5.92 Å². The van der Waals surface area contributed by atoms with Crippen LogP contribution in [0.15, 0.2) is 24.3 Å². The van der Waals surface area contributed by atoms with Gasteiger partial charge < -0.3 is 10.1 Å². The monoisotopic (exact) mass is 225 g/mol. The zero-order valence-electron chi connectivity index (χ0n) is 8.20. The number of rotatable bonds is 2. The van der Waals surface area contributed by atoms with Crippen LogP contribution < -0.4 is 10.1 Å². The van der Waals surface area contributed by atoms with Crippen LogP contribution in [0.2, 0.25) is 5.02 Å². The Balaban J connectivity index is 1.96. The topological polar surface area (TPSA) is 38.3 Å². The van der Waals surface area contributed by atoms with Crippen LogP contribution in [0.25, 0.3) is 0 Å². The molecular formula is C11H12ClNO2. The van der Waals surface area contributed by atoms with Gasteiger partial charge in [-0.2, -0.15) is 0 Å². The van der Waals surface area contributed by atoms with Crippen molar-refractivity contribution in [1.29, 1.82) is 0 Å². The second-order valence-corrected chi connectivity index (χ2v) is 4.00. The molecule has 0 bridgehead atoms. The summed E-state index contributed by atoms with van der Waals surface area (Å²) in [7, 11) is 0. The van der Waals surface area contributed by atoms with Crippen molar-refractivity contribution >= 4 is 17.6 Å². The van der Waals surface area contributed by atoms with Crippen LogP contribution in [0.1, 0.15) is 6.42 Å². The van der Waals surface area contributed by atoms with Gasteiger partial charge in [0.25, 0.3) is 0 Å². The van der Waals surface area contributed by atoms with Crippen LogP contribution in [0.5, 0.6) is 5.75 Å². The lowest BCUT2D eigenvalue weighted by Crippen LogP contribution is -2.22. The third kappa shape index (κ3) is 2.70. The zero-order chi connectivity index (χ0) is 10.7. The van der Waals surface area contributed by atoms with Gasteiger partial charge in [-0.25, -0.2) is 0 Å². The van der Waals surface area contributed by atoms with Gasteiger partial charge in [0.15, 0.2) is 0 Å². The SMILES string of the molecule is O=C(Oc1ccc(Cl)cc1)C1CCNC1. The maximum Gasteiger partial charge on any atom is 0.315 e. The van der Waals surface area contributed by atoms with Crippen LogP contribution in [-0.2, 0) is 4.79 Å². The predicted molar refractivity (Wildman–Crippen MR) is 58.1 cm³/mol. The molecule has 1 aliphatic rings. The van der Waals surface area contributed by atoms with Crippen molar-refractivity contribution < 1.29 is 9.53 Å². The smallest absolute Gasteiger partial charge is 0.315 e. The van der Waals surface area contributed by atoms with E-state index in [1.807, 2.05) is 0 Å². The Hall–Kier alpha value is -1.06. The fraction of sp³-hybridized carbons (Fsp3) is 0.364. The van der Waals surface area contributed by atoms with Crippen molar-refractivity contribution in [3.05, 3.63) is 29.3 Å². The van der Waals surface area contributed by atoms with E-state index in [-0.39, 0.29) is 11.9 Å². The van der Waals surface area contributed by atoms with E-state index < -0.39 is 0 Å². The normalized spacial score (nSPS) is 20.2. The minimum absolute atomic E-state index is 0.0133. The summed E-state index contributed by atoms with van der Waals surface area (Å²) in [5.74, 6) is 0.374. The summed E-state index contributed by atoms with van der Waals surface area (Å²) in [5, 5.41) is 3.76. The standard InChI is InChI=1S/C11H12ClNO2/c12-9-1-3-10(4-2-9)15-11(14)8-5-6-13-7-8/h1-4,8,13H,5-7H2. The van der Waals surface area contributed by atoms with E-state index >= 15 is 0 Å². The molecule has 0 aromatic heterocycles. The number of hydrogen-bond donors (Lipinski definition) is 1. The largest absolute Gasteiger partial charge is 0.426 e. The van der Waals surface area contributed by atoms with E-state index in [1.54, 1.807) is 24.3 Å². The Kier molecular flexibility index (Phi) is 3.23. The summed E-state index contributed by atoms with van der Waals surface area (Å²) >= 11 is 5.72. The van der Waals surface area contributed by atoms with Gasteiger partial charge in [0.05, 0.1) is 5.92 Å². The number of ether oxygens (including phenoxy) is 1. The first kappa shape index (κ1) is 10.5. The molecule has 0 saturated carbocycles. The summed E-state index contributed by atoms with van der Waals surface area (Å²) in [6.45, 7) is 1.60. The minimum atomic E-state index is -0.165. The number of carbonyl (C=O) groups is 1. The van der Waals surface area contributed by atoms with Gasteiger partial charge in [-0.15, -0.1) is 0 Å². The van der Waals surface area contributed by atoms with Crippen LogP contribution in [0.4, 0.5) is 0 Å². The first-order chi connectivity index (χ1) is 7.25. The van der Waals surface area contributed by atoms with Crippen LogP contribution in [-0.4, -0.2) is 19.1 Å². The fourth-order valence-electron chi connectivity index (χ4n) is 1.56. The molecule has 1 fully saturated rings. The molecule has 0 amide bonds. The highest BCUT2D eigenvalue weighted by molar-refractivity contribution is 6.30. The van der Waals surface area contributed by atoms with Crippen molar-refractivity contribution in [3.63, 3.8) is 0 Å². The summed E-state index contributed by atoms with van der Waals surface area (Å²) < 4.78 is 5.22. The van der Waals surface area contributed by atoms with Crippen molar-refractivity contribution in [3.8, 4) is 5.75 Å². The highest BCUT2D eigenvalue weighted by Gasteiger charge is 2.24. The van der Waals surface area contributed by atoms with Gasteiger partial charge in [-0.1, -0.05) is 11.6 Å². The first-order valence-electron chi connectivity index (χ1n) is 4.94. The molecule has 3 nitrogen and oxygen atoms in total. The van der Waals surface area contributed by atoms with Gasteiger partial charge in [-0.05, 0) is 37.2 Å². The van der Waals surface area contributed by atoms with E-state index in [0.717, 1.165) is 13.0 Å². The van der Waals surface area contributed by atoms with Crippen molar-refractivity contribution in [1.82, 2.24) is 5.32 Å². The number of carbonyl (C=O) groups excluding carboxylic acids is 1. The summed E-state index contributed by atoms with van der Waals surface area (Å²) in [6, 6.07) is 6.80. The van der Waals surface area contributed by atoms with E-state index in [0.29, 0.717) is 17.3 Å². The number of nitrogens with one attached hydrogen (secondary N) is 1. The quantitative estimate of drug-likeness (QED) is 0.617. The Morgan fingerprint density at radius 2 is 2.13 bits per heavy atom. The van der Waals surface area contributed by atoms with Gasteiger partial charge in [0.1, 0.15) is 5.75 Å². The summed E-state index contributed by atoms with van der Waals surface area (Å²) in [6.07, 6.45) is 0.854. The third-order valence-corrected chi connectivity index (χ3v) is 2.68. The molecule has 1 heterocycles.